The maximum Gasteiger partial charge on any atom is 0.334 e. The molecule has 0 N–H and O–H groups in total. The van der Waals surface area contributed by atoms with Crippen molar-refractivity contribution in [3.05, 3.63) is 35.5 Å². The Balaban J connectivity index is 2.45. The minimum absolute atomic E-state index is 0.0409. The van der Waals surface area contributed by atoms with Gasteiger partial charge in [-0.05, 0) is 40.0 Å². The van der Waals surface area contributed by atoms with Gasteiger partial charge in [0.05, 0.1) is 6.10 Å². The summed E-state index contributed by atoms with van der Waals surface area (Å²) in [4.78, 5) is 11.8. The molecule has 1 rings (SSSR count). The molecule has 0 unspecified atom stereocenters. The van der Waals surface area contributed by atoms with Crippen LogP contribution in [0.1, 0.15) is 46.5 Å². The van der Waals surface area contributed by atoms with Gasteiger partial charge in [-0.2, -0.15) is 0 Å². The molecular formula is C15H22O2. The van der Waals surface area contributed by atoms with E-state index in [2.05, 4.69) is 18.2 Å². The van der Waals surface area contributed by atoms with Gasteiger partial charge in [-0.3, -0.25) is 0 Å². The highest BCUT2D eigenvalue weighted by Gasteiger charge is 2.16. The van der Waals surface area contributed by atoms with E-state index in [9.17, 15) is 4.79 Å². The van der Waals surface area contributed by atoms with E-state index >= 15 is 0 Å². The first-order valence-electron chi connectivity index (χ1n) is 6.32. The van der Waals surface area contributed by atoms with E-state index in [0.29, 0.717) is 0 Å². The number of ether oxygens (including phenoxy) is 1. The molecule has 1 aliphatic rings. The molecule has 0 aromatic rings. The second kappa shape index (κ2) is 7.10. The molecule has 0 saturated carbocycles. The fourth-order valence-electron chi connectivity index (χ4n) is 1.83. The van der Waals surface area contributed by atoms with E-state index in [1.165, 1.54) is 5.57 Å². The number of hydrogen-bond acceptors (Lipinski definition) is 2. The van der Waals surface area contributed by atoms with Gasteiger partial charge in [0.25, 0.3) is 0 Å². The maximum absolute atomic E-state index is 11.8. The van der Waals surface area contributed by atoms with E-state index in [4.69, 9.17) is 4.74 Å². The third kappa shape index (κ3) is 5.03. The second-order valence-electron chi connectivity index (χ2n) is 4.57. The Labute approximate surface area is 104 Å². The highest BCUT2D eigenvalue weighted by atomic mass is 16.5. The van der Waals surface area contributed by atoms with E-state index < -0.39 is 0 Å². The minimum Gasteiger partial charge on any atom is -0.460 e. The van der Waals surface area contributed by atoms with E-state index in [0.717, 1.165) is 31.3 Å². The Kier molecular flexibility index (Phi) is 5.75. The van der Waals surface area contributed by atoms with Crippen molar-refractivity contribution in [2.75, 3.05) is 0 Å². The standard InChI is InChI=1S/C15H22O2/c1-4-5-6-8-13-9-7-10-14(11-13)15(16)17-12(2)3/h4-5,9-10,12H,6-8,11H2,1-3H3/b5-4-. The number of hydrogen-bond donors (Lipinski definition) is 0. The molecule has 0 spiro atoms. The lowest BCUT2D eigenvalue weighted by atomic mass is 9.95. The monoisotopic (exact) mass is 234 g/mol. The first-order chi connectivity index (χ1) is 8.13. The zero-order valence-corrected chi connectivity index (χ0v) is 11.0. The SMILES string of the molecule is C/C=C\CCC1=CCC=C(C(=O)OC(C)C)C1. The lowest BCUT2D eigenvalue weighted by molar-refractivity contribution is -0.142. The highest BCUT2D eigenvalue weighted by molar-refractivity contribution is 5.89. The van der Waals surface area contributed by atoms with Crippen molar-refractivity contribution in [3.63, 3.8) is 0 Å². The molecule has 0 fully saturated rings. The molecule has 17 heavy (non-hydrogen) atoms. The largest absolute Gasteiger partial charge is 0.460 e. The molecule has 0 amide bonds. The number of allylic oxidation sites excluding steroid dienone is 5. The minimum atomic E-state index is -0.156. The molecule has 0 saturated heterocycles. The summed E-state index contributed by atoms with van der Waals surface area (Å²) in [7, 11) is 0. The number of carbonyl (C=O) groups excluding carboxylic acids is 1. The smallest absolute Gasteiger partial charge is 0.334 e. The van der Waals surface area contributed by atoms with Crippen LogP contribution in [0.3, 0.4) is 0 Å². The molecule has 0 heterocycles. The predicted octanol–water partition coefficient (Wildman–Crippen LogP) is 3.94. The first kappa shape index (κ1) is 13.8. The first-order valence-corrected chi connectivity index (χ1v) is 6.32. The van der Waals surface area contributed by atoms with Crippen LogP contribution >= 0.6 is 0 Å². The zero-order valence-electron chi connectivity index (χ0n) is 11.0. The van der Waals surface area contributed by atoms with E-state index in [-0.39, 0.29) is 12.1 Å². The Bertz CT molecular complexity index is 346. The summed E-state index contributed by atoms with van der Waals surface area (Å²) in [5, 5.41) is 0. The summed E-state index contributed by atoms with van der Waals surface area (Å²) in [6.45, 7) is 5.79. The molecular weight excluding hydrogens is 212 g/mol. The maximum atomic E-state index is 11.8. The van der Waals surface area contributed by atoms with Crippen molar-refractivity contribution in [3.8, 4) is 0 Å². The van der Waals surface area contributed by atoms with Crippen LogP contribution in [-0.4, -0.2) is 12.1 Å². The van der Waals surface area contributed by atoms with Gasteiger partial charge in [0, 0.05) is 12.0 Å². The molecule has 1 aliphatic carbocycles. The summed E-state index contributed by atoms with van der Waals surface area (Å²) in [6, 6.07) is 0. The summed E-state index contributed by atoms with van der Waals surface area (Å²) in [5.74, 6) is -0.156. The van der Waals surface area contributed by atoms with Crippen molar-refractivity contribution >= 4 is 5.97 Å². The van der Waals surface area contributed by atoms with Crippen molar-refractivity contribution in [1.29, 1.82) is 0 Å². The van der Waals surface area contributed by atoms with Crippen LogP contribution < -0.4 is 0 Å². The Hall–Kier alpha value is -1.31. The van der Waals surface area contributed by atoms with E-state index in [1.807, 2.05) is 26.8 Å². The molecule has 0 aromatic carbocycles. The third-order valence-corrected chi connectivity index (χ3v) is 2.66. The molecule has 0 radical (unpaired) electrons. The average molecular weight is 234 g/mol. The van der Waals surface area contributed by atoms with Gasteiger partial charge in [-0.15, -0.1) is 0 Å². The van der Waals surface area contributed by atoms with Crippen LogP contribution in [0.5, 0.6) is 0 Å². The quantitative estimate of drug-likeness (QED) is 0.532. The average Bonchev–Trinajstić information content (AvgIpc) is 2.29. The van der Waals surface area contributed by atoms with Gasteiger partial charge in [0.2, 0.25) is 0 Å². The van der Waals surface area contributed by atoms with Crippen molar-refractivity contribution in [2.24, 2.45) is 0 Å². The number of rotatable bonds is 5. The molecule has 2 heteroatoms. The second-order valence-corrected chi connectivity index (χ2v) is 4.57. The Morgan fingerprint density at radius 2 is 2.24 bits per heavy atom. The third-order valence-electron chi connectivity index (χ3n) is 2.66. The summed E-state index contributed by atoms with van der Waals surface area (Å²) >= 11 is 0. The fraction of sp³-hybridized carbons (Fsp3) is 0.533. The summed E-state index contributed by atoms with van der Waals surface area (Å²) < 4.78 is 5.22. The van der Waals surface area contributed by atoms with Crippen LogP contribution in [0, 0.1) is 0 Å². The zero-order chi connectivity index (χ0) is 12.7. The molecule has 2 nitrogen and oxygen atoms in total. The normalized spacial score (nSPS) is 16.0. The van der Waals surface area contributed by atoms with Gasteiger partial charge >= 0.3 is 5.97 Å². The summed E-state index contributed by atoms with van der Waals surface area (Å²) in [6.07, 6.45) is 12.1. The topological polar surface area (TPSA) is 26.3 Å². The number of esters is 1. The predicted molar refractivity (Wildman–Crippen MR) is 70.7 cm³/mol. The van der Waals surface area contributed by atoms with Gasteiger partial charge in [-0.25, -0.2) is 4.79 Å². The molecule has 0 aliphatic heterocycles. The van der Waals surface area contributed by atoms with Gasteiger partial charge < -0.3 is 4.74 Å². The van der Waals surface area contributed by atoms with Crippen LogP contribution in [0.15, 0.2) is 35.5 Å². The van der Waals surface area contributed by atoms with Gasteiger partial charge in [0.1, 0.15) is 0 Å². The highest BCUT2D eigenvalue weighted by Crippen LogP contribution is 2.23. The molecule has 0 aromatic heterocycles. The van der Waals surface area contributed by atoms with Crippen LogP contribution in [0.4, 0.5) is 0 Å². The van der Waals surface area contributed by atoms with Crippen molar-refractivity contribution in [1.82, 2.24) is 0 Å². The summed E-state index contributed by atoms with van der Waals surface area (Å²) in [5.41, 5.74) is 2.16. The van der Waals surface area contributed by atoms with Crippen molar-refractivity contribution < 1.29 is 9.53 Å². The molecule has 0 atom stereocenters. The van der Waals surface area contributed by atoms with Crippen molar-refractivity contribution in [2.45, 2.75) is 52.6 Å². The lowest BCUT2D eigenvalue weighted by Gasteiger charge is -2.15. The van der Waals surface area contributed by atoms with Crippen LogP contribution in [-0.2, 0) is 9.53 Å². The van der Waals surface area contributed by atoms with Gasteiger partial charge in [0.15, 0.2) is 0 Å². The molecule has 0 bridgehead atoms. The number of carbonyl (C=O) groups is 1. The Morgan fingerprint density at radius 3 is 2.88 bits per heavy atom. The lowest BCUT2D eigenvalue weighted by Crippen LogP contribution is -2.15. The van der Waals surface area contributed by atoms with Crippen LogP contribution in [0.2, 0.25) is 0 Å². The van der Waals surface area contributed by atoms with E-state index in [1.54, 1.807) is 0 Å². The van der Waals surface area contributed by atoms with Crippen LogP contribution in [0.25, 0.3) is 0 Å². The molecule has 94 valence electrons. The Morgan fingerprint density at radius 1 is 1.47 bits per heavy atom. The fourth-order valence-corrected chi connectivity index (χ4v) is 1.83. The van der Waals surface area contributed by atoms with Gasteiger partial charge in [-0.1, -0.05) is 29.9 Å².